The van der Waals surface area contributed by atoms with E-state index >= 15 is 0 Å². The minimum atomic E-state index is -1.61. The number of nitrogens with zero attached hydrogens (tertiary/aromatic N) is 2. The Hall–Kier alpha value is 0.180. The number of halogens is 6. The molecule has 1 heterocycles. The number of hydrogen-bond donors (Lipinski definition) is 0. The van der Waals surface area contributed by atoms with E-state index in [4.69, 9.17) is 58.1 Å². The van der Waals surface area contributed by atoms with Crippen LogP contribution in [0.3, 0.4) is 0 Å². The Balaban J connectivity index is 0.000000159. The summed E-state index contributed by atoms with van der Waals surface area (Å²) in [6.07, 6.45) is 99.8. The molecule has 12 fully saturated rings. The Kier molecular flexibility index (Phi) is 58.0. The molecule has 0 bridgehead atoms. The fourth-order valence-corrected chi connectivity index (χ4v) is 51.7. The molecule has 5 aromatic rings. The summed E-state index contributed by atoms with van der Waals surface area (Å²) in [5.74, 6) is 1.00. The Bertz CT molecular complexity index is 3430. The Morgan fingerprint density at radius 3 is 0.662 bits per heavy atom. The van der Waals surface area contributed by atoms with Gasteiger partial charge in [-0.1, -0.05) is 119 Å². The van der Waals surface area contributed by atoms with Crippen molar-refractivity contribution in [1.82, 2.24) is 0 Å². The van der Waals surface area contributed by atoms with Crippen LogP contribution in [0.25, 0.3) is 0 Å². The van der Waals surface area contributed by atoms with E-state index in [9.17, 15) is 0 Å². The fourth-order valence-electron chi connectivity index (χ4n) is 27.1. The summed E-state index contributed by atoms with van der Waals surface area (Å²) in [6.45, 7) is 23.2. The van der Waals surface area contributed by atoms with E-state index < -0.39 is 27.0 Å². The third-order valence-electron chi connectivity index (χ3n) is 32.7. The van der Waals surface area contributed by atoms with E-state index in [1.54, 1.807) is 385 Å². The van der Waals surface area contributed by atoms with E-state index in [2.05, 4.69) is 120 Å². The molecular formula is C117H187Cl6N2OP4Ru3+3. The number of aliphatic hydroxyl groups is 1. The van der Waals surface area contributed by atoms with E-state index in [0.717, 1.165) is 22.4 Å². The topological polar surface area (TPSA) is 19.3 Å². The van der Waals surface area contributed by atoms with Gasteiger partial charge in [-0.15, -0.1) is 18.3 Å². The molecule has 12 saturated carbocycles. The van der Waals surface area contributed by atoms with Gasteiger partial charge in [0.05, 0.1) is 67.9 Å². The van der Waals surface area contributed by atoms with Crippen LogP contribution < -0.4 is 9.80 Å². The van der Waals surface area contributed by atoms with E-state index in [1.807, 2.05) is 94.1 Å². The van der Waals surface area contributed by atoms with Crippen LogP contribution >= 0.6 is 89.8 Å². The molecule has 12 aliphatic carbocycles. The number of ether oxygens (including phenoxy) is 1. The maximum absolute atomic E-state index is 5.67. The summed E-state index contributed by atoms with van der Waals surface area (Å²) in [7, 11) is 32.2. The second kappa shape index (κ2) is 67.1. The molecule has 1 N–H and O–H groups in total. The van der Waals surface area contributed by atoms with Gasteiger partial charge < -0.3 is 14.5 Å². The van der Waals surface area contributed by atoms with Gasteiger partial charge in [0.1, 0.15) is 0 Å². The third kappa shape index (κ3) is 41.6. The van der Waals surface area contributed by atoms with E-state index in [0.29, 0.717) is 6.10 Å². The molecule has 754 valence electrons. The molecule has 0 atom stereocenters. The first-order valence-electron chi connectivity index (χ1n) is 54.8. The predicted molar refractivity (Wildman–Crippen MR) is 601 cm³/mol. The quantitative estimate of drug-likeness (QED) is 0.0377. The number of anilines is 2. The minimum absolute atomic E-state index is 0.0465. The molecule has 0 aromatic heterocycles. The van der Waals surface area contributed by atoms with Crippen molar-refractivity contribution in [2.24, 2.45) is 0 Å². The van der Waals surface area contributed by atoms with Gasteiger partial charge in [0, 0.05) is 56.9 Å². The molecular weight excluding hydrogens is 2090 g/mol. The summed E-state index contributed by atoms with van der Waals surface area (Å²) in [4.78, 5) is 4.45. The van der Waals surface area contributed by atoms with Gasteiger partial charge in [-0.3, -0.25) is 0 Å². The van der Waals surface area contributed by atoms with Crippen molar-refractivity contribution in [1.29, 1.82) is 0 Å². The Morgan fingerprint density at radius 1 is 0.308 bits per heavy atom. The van der Waals surface area contributed by atoms with Gasteiger partial charge in [-0.2, -0.15) is 13.0 Å². The average molecular weight is 2280 g/mol. The van der Waals surface area contributed by atoms with E-state index in [1.165, 1.54) is 113 Å². The zero-order valence-electron chi connectivity index (χ0n) is 84.6. The van der Waals surface area contributed by atoms with Gasteiger partial charge in [0.15, 0.2) is 11.9 Å². The second-order valence-corrected chi connectivity index (χ2v) is 71.0. The van der Waals surface area contributed by atoms with Crippen molar-refractivity contribution in [3.8, 4) is 5.75 Å². The van der Waals surface area contributed by atoms with Gasteiger partial charge in [-0.25, -0.2) is 0 Å². The molecule has 0 spiro atoms. The standard InChI is InChI=1S/C21H25N2.4C18H33P.C10H13O.2C7H6.6ClH.3Ru/c1-14-9-16(3)20(17(4)10-14)22-7-8-23(13-22)21-18(5)11-15(2)12-19(21)6;4*1-4-10-16(11-5-1)19(17-12-6-2-7-13-17)18-14-8-3-9-15-18;1-8(2)11-10-7-5-4-6-9(10)3;2*1-7-5-3-2-4-6-7;;;;;;;;;/h7-13H,1-6H3;4*16-18H,1-15H2;4-8H,3H2,1-2H3;2*1-6H;6*1H;;;/q-1;;;;;-1;;;;;;;;;3*+2/p-1. The van der Waals surface area contributed by atoms with Crippen molar-refractivity contribution in [2.45, 2.75) is 515 Å². The molecule has 0 unspecified atom stereocenters. The first-order chi connectivity index (χ1) is 64.8. The number of rotatable bonds is 18. The normalized spacial score (nSPS) is 21.6. The zero-order valence-corrected chi connectivity index (χ0v) is 98.3. The molecule has 16 heteroatoms. The second-order valence-electron chi connectivity index (χ2n) is 43.1. The molecule has 3 nitrogen and oxygen atoms in total. The summed E-state index contributed by atoms with van der Waals surface area (Å²) >= 11 is -3.58. The number of aromatic hydroxyl groups is 1. The number of hydrogen-bond acceptors (Lipinski definition) is 2. The van der Waals surface area contributed by atoms with Crippen LogP contribution in [0, 0.1) is 55.1 Å². The van der Waals surface area contributed by atoms with Gasteiger partial charge in [-0.05, 0) is 390 Å². The van der Waals surface area contributed by atoms with Crippen molar-refractivity contribution in [3.63, 3.8) is 0 Å². The molecule has 0 amide bonds. The average Bonchev–Trinajstić information content (AvgIpc) is 1.70. The summed E-state index contributed by atoms with van der Waals surface area (Å²) < 4.78 is 8.24. The van der Waals surface area contributed by atoms with Crippen LogP contribution in [0.2, 0.25) is 0 Å². The maximum atomic E-state index is 5.67. The first-order valence-corrected chi connectivity index (χ1v) is 77.2. The van der Waals surface area contributed by atoms with Crippen LogP contribution in [0.15, 0.2) is 122 Å². The van der Waals surface area contributed by atoms with Gasteiger partial charge in [0.25, 0.3) is 0 Å². The Labute approximate surface area is 864 Å². The number of aryl methyl sites for hydroxylation is 6. The Morgan fingerprint density at radius 2 is 0.489 bits per heavy atom. The molecule has 133 heavy (non-hydrogen) atoms. The molecule has 0 radical (unpaired) electrons. The van der Waals surface area contributed by atoms with Gasteiger partial charge in [0.2, 0.25) is 0 Å². The number of benzene rings is 5. The number of para-hydroxylation sites is 1. The monoisotopic (exact) mass is 2280 g/mol. The molecule has 5 aromatic carbocycles. The van der Waals surface area contributed by atoms with Gasteiger partial charge >= 0.3 is 181 Å². The van der Waals surface area contributed by atoms with Crippen molar-refractivity contribution < 1.29 is 46.9 Å². The van der Waals surface area contributed by atoms with Crippen molar-refractivity contribution in [2.75, 3.05) is 9.80 Å². The molecule has 18 rings (SSSR count). The SMILES string of the molecule is C1CCC([PH+](C2CCCCC2)C2CCCCC2)CC1.C1CCC([PH+](C2CCCCC2)C2CCCCC2)CC1.C1CCC([PH+](C2CCCCC2)C2CCCCC2)CC1.C1CCC([PH+](C2CCCCC2)C2CCCCC2)CC1.Cc1cc(C)c(N2C=CN(c3c(C)cc(C)cc3C)[CH-]2)c(C)c1.[CH2-]c1ccccc1[OH+]C(C)C.[Cl][Ru]([Cl])=[CH]c1ccccc1.[Cl][Ru]([Cl])=[CH]c1ccccc1.[Cl][Ru][Cl]. The summed E-state index contributed by atoms with van der Waals surface area (Å²) in [6, 6.07) is 36.7. The predicted octanol–water partition coefficient (Wildman–Crippen LogP) is 39.7. The third-order valence-corrected chi connectivity index (χ3v) is 54.7. The van der Waals surface area contributed by atoms with Crippen LogP contribution in [-0.4, -0.2) is 88.0 Å². The summed E-state index contributed by atoms with van der Waals surface area (Å²) in [5, 5.41) is 0. The first kappa shape index (κ1) is 115. The summed E-state index contributed by atoms with van der Waals surface area (Å²) in [5.41, 5.74) is 28.4. The van der Waals surface area contributed by atoms with Crippen LogP contribution in [0.5, 0.6) is 5.75 Å². The zero-order chi connectivity index (χ0) is 94.2. The van der Waals surface area contributed by atoms with Crippen LogP contribution in [0.4, 0.5) is 11.4 Å². The fraction of sp³-hybridized carbons (Fsp3) is 0.692. The van der Waals surface area contributed by atoms with Crippen molar-refractivity contribution >= 4 is 110 Å². The van der Waals surface area contributed by atoms with Crippen molar-refractivity contribution in [3.05, 3.63) is 185 Å². The molecule has 0 saturated heterocycles. The molecule has 1 aliphatic heterocycles. The van der Waals surface area contributed by atoms with Crippen LogP contribution in [-0.2, 0) is 42.2 Å². The van der Waals surface area contributed by atoms with Crippen LogP contribution in [0.1, 0.15) is 449 Å². The molecule has 13 aliphatic rings. The van der Waals surface area contributed by atoms with E-state index in [-0.39, 0.29) is 46.8 Å².